The number of nitrogens with two attached hydrogens (primary N) is 1. The van der Waals surface area contributed by atoms with E-state index in [1.54, 1.807) is 0 Å². The number of aromatic nitrogens is 4. The summed E-state index contributed by atoms with van der Waals surface area (Å²) in [4.78, 5) is 25.2. The number of nitrogens with one attached hydrogen (secondary N) is 2. The molecule has 0 amide bonds. The number of nitrogen functional groups attached to an aromatic ring is 1. The molecule has 0 spiro atoms. The third-order valence-electron chi connectivity index (χ3n) is 3.87. The lowest BCUT2D eigenvalue weighted by Gasteiger charge is -2.41. The van der Waals surface area contributed by atoms with Gasteiger partial charge in [0.15, 0.2) is 11.2 Å². The zero-order valence-electron chi connectivity index (χ0n) is 10.1. The summed E-state index contributed by atoms with van der Waals surface area (Å²) in [7, 11) is 0. The first-order chi connectivity index (χ1) is 9.13. The second kappa shape index (κ2) is 4.32. The van der Waals surface area contributed by atoms with Gasteiger partial charge in [0, 0.05) is 19.1 Å². The Bertz CT molecular complexity index is 664. The highest BCUT2D eigenvalue weighted by Gasteiger charge is 2.42. The van der Waals surface area contributed by atoms with Gasteiger partial charge < -0.3 is 20.9 Å². The topological polar surface area (TPSA) is 141 Å². The van der Waals surface area contributed by atoms with E-state index in [9.17, 15) is 9.90 Å². The molecule has 8 nitrogen and oxygen atoms in total. The Hall–Kier alpha value is -1.93. The molecule has 1 saturated carbocycles. The molecule has 1 aliphatic rings. The molecule has 19 heavy (non-hydrogen) atoms. The quantitative estimate of drug-likeness (QED) is 0.478. The summed E-state index contributed by atoms with van der Waals surface area (Å²) in [6.07, 6.45) is 0.731. The van der Waals surface area contributed by atoms with E-state index >= 15 is 0 Å². The maximum absolute atomic E-state index is 11.7. The van der Waals surface area contributed by atoms with Crippen molar-refractivity contribution in [2.45, 2.75) is 12.3 Å². The molecule has 0 aromatic carbocycles. The van der Waals surface area contributed by atoms with E-state index in [1.165, 1.54) is 0 Å². The van der Waals surface area contributed by atoms with Crippen molar-refractivity contribution in [1.82, 2.24) is 19.9 Å². The van der Waals surface area contributed by atoms with Crippen LogP contribution in [0, 0.1) is 11.8 Å². The highest BCUT2D eigenvalue weighted by atomic mass is 16.3. The molecule has 2 aromatic rings. The molecule has 1 aliphatic carbocycles. The van der Waals surface area contributed by atoms with Crippen LogP contribution in [0.15, 0.2) is 4.79 Å². The van der Waals surface area contributed by atoms with E-state index in [4.69, 9.17) is 10.8 Å². The average molecular weight is 265 g/mol. The van der Waals surface area contributed by atoms with Crippen molar-refractivity contribution in [3.05, 3.63) is 16.2 Å². The Balaban J connectivity index is 1.99. The van der Waals surface area contributed by atoms with Crippen molar-refractivity contribution in [3.8, 4) is 0 Å². The largest absolute Gasteiger partial charge is 0.396 e. The second-order valence-electron chi connectivity index (χ2n) is 4.90. The van der Waals surface area contributed by atoms with Crippen molar-refractivity contribution >= 4 is 17.1 Å². The number of hydrogen-bond acceptors (Lipinski definition) is 6. The summed E-state index contributed by atoms with van der Waals surface area (Å²) in [5.41, 5.74) is 5.66. The molecule has 8 heteroatoms. The first-order valence-electron chi connectivity index (χ1n) is 6.11. The van der Waals surface area contributed by atoms with Gasteiger partial charge >= 0.3 is 0 Å². The van der Waals surface area contributed by atoms with Crippen LogP contribution in [0.25, 0.3) is 11.2 Å². The van der Waals surface area contributed by atoms with Gasteiger partial charge in [-0.05, 0) is 18.3 Å². The van der Waals surface area contributed by atoms with Crippen molar-refractivity contribution in [1.29, 1.82) is 0 Å². The van der Waals surface area contributed by atoms with E-state index in [-0.39, 0.29) is 53.6 Å². The zero-order valence-corrected chi connectivity index (χ0v) is 10.1. The zero-order chi connectivity index (χ0) is 13.6. The number of fused-ring (bicyclic) bond motifs is 1. The first kappa shape index (κ1) is 12.1. The molecule has 0 saturated heterocycles. The molecule has 0 bridgehead atoms. The average Bonchev–Trinajstić information content (AvgIpc) is 2.72. The van der Waals surface area contributed by atoms with Gasteiger partial charge in [0.2, 0.25) is 5.95 Å². The number of hydrogen-bond donors (Lipinski definition) is 5. The molecule has 3 unspecified atom stereocenters. The summed E-state index contributed by atoms with van der Waals surface area (Å²) in [5, 5.41) is 18.5. The second-order valence-corrected chi connectivity index (χ2v) is 4.90. The third-order valence-corrected chi connectivity index (χ3v) is 3.87. The van der Waals surface area contributed by atoms with Gasteiger partial charge in [-0.25, -0.2) is 4.98 Å². The lowest BCUT2D eigenvalue weighted by molar-refractivity contribution is 0.0193. The highest BCUT2D eigenvalue weighted by Crippen LogP contribution is 2.45. The maximum Gasteiger partial charge on any atom is 0.278 e. The predicted molar refractivity (Wildman–Crippen MR) is 67.4 cm³/mol. The Morgan fingerprint density at radius 1 is 1.26 bits per heavy atom. The normalized spacial score (nSPS) is 26.5. The fourth-order valence-corrected chi connectivity index (χ4v) is 2.73. The molecule has 0 radical (unpaired) electrons. The molecule has 1 fully saturated rings. The minimum absolute atomic E-state index is 0.0111. The number of H-pyrrole nitrogens is 2. The van der Waals surface area contributed by atoms with E-state index in [0.29, 0.717) is 5.82 Å². The summed E-state index contributed by atoms with van der Waals surface area (Å²) in [5.74, 6) is 0.692. The molecule has 3 atom stereocenters. The maximum atomic E-state index is 11.7. The summed E-state index contributed by atoms with van der Waals surface area (Å²) in [6, 6.07) is 0. The summed E-state index contributed by atoms with van der Waals surface area (Å²) >= 11 is 0. The van der Waals surface area contributed by atoms with Crippen LogP contribution in [-0.2, 0) is 0 Å². The lowest BCUT2D eigenvalue weighted by Crippen LogP contribution is -2.40. The number of aromatic amines is 2. The van der Waals surface area contributed by atoms with Crippen molar-refractivity contribution in [2.75, 3.05) is 18.9 Å². The molecule has 2 heterocycles. The molecular formula is C11H15N5O3. The van der Waals surface area contributed by atoms with Crippen molar-refractivity contribution < 1.29 is 10.2 Å². The van der Waals surface area contributed by atoms with Gasteiger partial charge in [0.1, 0.15) is 5.82 Å². The van der Waals surface area contributed by atoms with Crippen LogP contribution < -0.4 is 11.3 Å². The van der Waals surface area contributed by atoms with Crippen LogP contribution >= 0.6 is 0 Å². The Kier molecular flexibility index (Phi) is 2.76. The fourth-order valence-electron chi connectivity index (χ4n) is 2.73. The summed E-state index contributed by atoms with van der Waals surface area (Å²) < 4.78 is 0. The van der Waals surface area contributed by atoms with Crippen LogP contribution in [0.2, 0.25) is 0 Å². The van der Waals surface area contributed by atoms with Crippen LogP contribution in [-0.4, -0.2) is 43.4 Å². The van der Waals surface area contributed by atoms with Crippen molar-refractivity contribution in [2.24, 2.45) is 11.8 Å². The van der Waals surface area contributed by atoms with Crippen LogP contribution in [0.1, 0.15) is 18.2 Å². The number of imidazole rings is 1. The molecule has 2 aromatic heterocycles. The monoisotopic (exact) mass is 265 g/mol. The first-order valence-corrected chi connectivity index (χ1v) is 6.11. The minimum atomic E-state index is -0.361. The lowest BCUT2D eigenvalue weighted by atomic mass is 9.65. The fraction of sp³-hybridized carbons (Fsp3) is 0.545. The van der Waals surface area contributed by atoms with Crippen LogP contribution in [0.4, 0.5) is 5.95 Å². The molecule has 3 rings (SSSR count). The van der Waals surface area contributed by atoms with Crippen LogP contribution in [0.3, 0.4) is 0 Å². The Morgan fingerprint density at radius 2 is 2.05 bits per heavy atom. The van der Waals surface area contributed by atoms with Gasteiger partial charge in [0.05, 0.1) is 0 Å². The molecule has 0 aliphatic heterocycles. The number of rotatable bonds is 3. The highest BCUT2D eigenvalue weighted by molar-refractivity contribution is 5.70. The van der Waals surface area contributed by atoms with Gasteiger partial charge in [-0.1, -0.05) is 0 Å². The van der Waals surface area contributed by atoms with E-state index in [2.05, 4.69) is 19.9 Å². The van der Waals surface area contributed by atoms with Crippen LogP contribution in [0.5, 0.6) is 0 Å². The SMILES string of the molecule is Nc1nc2nc(C3CC(CO)C3CO)[nH]c2c(=O)[nH]1. The Morgan fingerprint density at radius 3 is 2.74 bits per heavy atom. The Labute approximate surface area is 107 Å². The molecule has 6 N–H and O–H groups in total. The number of anilines is 1. The number of aliphatic hydroxyl groups is 2. The molecular weight excluding hydrogens is 250 g/mol. The predicted octanol–water partition coefficient (Wildman–Crippen LogP) is -1.07. The standard InChI is InChI=1S/C11H15N5O3/c12-11-15-9-7(10(19)16-11)13-8(14-9)5-1-4(2-17)6(5)3-18/h4-6,17-18H,1-3H2,(H4,12,13,14,15,16,19). The van der Waals surface area contributed by atoms with E-state index < -0.39 is 0 Å². The van der Waals surface area contributed by atoms with E-state index in [1.807, 2.05) is 0 Å². The van der Waals surface area contributed by atoms with E-state index in [0.717, 1.165) is 6.42 Å². The minimum Gasteiger partial charge on any atom is -0.396 e. The number of nitrogens with zero attached hydrogens (tertiary/aromatic N) is 2. The van der Waals surface area contributed by atoms with Gasteiger partial charge in [-0.2, -0.15) is 4.98 Å². The molecule has 102 valence electrons. The van der Waals surface area contributed by atoms with Gasteiger partial charge in [-0.3, -0.25) is 9.78 Å². The summed E-state index contributed by atoms with van der Waals surface area (Å²) in [6.45, 7) is 0.0343. The number of aliphatic hydroxyl groups excluding tert-OH is 2. The van der Waals surface area contributed by atoms with Gasteiger partial charge in [-0.15, -0.1) is 0 Å². The third kappa shape index (κ3) is 1.80. The van der Waals surface area contributed by atoms with Gasteiger partial charge in [0.25, 0.3) is 5.56 Å². The van der Waals surface area contributed by atoms with Crippen molar-refractivity contribution in [3.63, 3.8) is 0 Å². The smallest absolute Gasteiger partial charge is 0.278 e.